The molecule has 0 aliphatic carbocycles. The Balaban J connectivity index is 2.06. The minimum atomic E-state index is -4.15. The molecule has 0 bridgehead atoms. The zero-order valence-electron chi connectivity index (χ0n) is 23.1. The average Bonchev–Trinajstić information content (AvgIpc) is 2.92. The number of aryl methyl sites for hydroxylation is 1. The largest absolute Gasteiger partial charge is 0.354 e. The molecule has 0 radical (unpaired) electrons. The number of halogens is 2. The predicted molar refractivity (Wildman–Crippen MR) is 161 cm³/mol. The predicted octanol–water partition coefficient (Wildman–Crippen LogP) is 6.08. The number of sulfonamides is 1. The van der Waals surface area contributed by atoms with Crippen molar-refractivity contribution >= 4 is 50.7 Å². The number of carbonyl (C=O) groups is 2. The first-order valence-corrected chi connectivity index (χ1v) is 15.3. The quantitative estimate of drug-likeness (QED) is 0.272. The minimum absolute atomic E-state index is 0.0446. The molecule has 2 amide bonds. The third-order valence-electron chi connectivity index (χ3n) is 6.37. The van der Waals surface area contributed by atoms with Crippen LogP contribution in [0.4, 0.5) is 5.69 Å². The van der Waals surface area contributed by atoms with Crippen LogP contribution in [-0.2, 0) is 26.2 Å². The van der Waals surface area contributed by atoms with Crippen molar-refractivity contribution in [1.82, 2.24) is 10.2 Å². The van der Waals surface area contributed by atoms with Crippen molar-refractivity contribution < 1.29 is 18.0 Å². The molecule has 0 spiro atoms. The Bertz CT molecular complexity index is 1410. The number of rotatable bonds is 12. The van der Waals surface area contributed by atoms with Crippen molar-refractivity contribution in [2.75, 3.05) is 17.4 Å². The zero-order chi connectivity index (χ0) is 29.4. The lowest BCUT2D eigenvalue weighted by atomic mass is 10.1. The number of anilines is 1. The summed E-state index contributed by atoms with van der Waals surface area (Å²) >= 11 is 12.2. The molecule has 3 aromatic carbocycles. The summed E-state index contributed by atoms with van der Waals surface area (Å²) in [5, 5.41) is 3.91. The fourth-order valence-corrected chi connectivity index (χ4v) is 6.11. The summed E-state index contributed by atoms with van der Waals surface area (Å²) < 4.78 is 28.9. The molecule has 3 aromatic rings. The highest BCUT2D eigenvalue weighted by Crippen LogP contribution is 2.29. The number of hydrogen-bond donors (Lipinski definition) is 1. The molecular weight excluding hydrogens is 569 g/mol. The molecule has 214 valence electrons. The number of amides is 2. The highest BCUT2D eigenvalue weighted by atomic mass is 35.5. The number of carbonyl (C=O) groups excluding carboxylic acids is 2. The van der Waals surface area contributed by atoms with Crippen LogP contribution in [0.15, 0.2) is 77.7 Å². The highest BCUT2D eigenvalue weighted by molar-refractivity contribution is 7.92. The lowest BCUT2D eigenvalue weighted by Gasteiger charge is -2.33. The van der Waals surface area contributed by atoms with E-state index in [1.54, 1.807) is 67.6 Å². The van der Waals surface area contributed by atoms with Gasteiger partial charge in [-0.25, -0.2) is 8.42 Å². The maximum Gasteiger partial charge on any atom is 0.264 e. The van der Waals surface area contributed by atoms with Crippen molar-refractivity contribution in [1.29, 1.82) is 0 Å². The summed E-state index contributed by atoms with van der Waals surface area (Å²) in [6.45, 7) is 7.57. The van der Waals surface area contributed by atoms with Gasteiger partial charge in [0.25, 0.3) is 10.0 Å². The Hall–Kier alpha value is -3.07. The van der Waals surface area contributed by atoms with Crippen molar-refractivity contribution in [3.05, 3.63) is 94.0 Å². The van der Waals surface area contributed by atoms with Crippen molar-refractivity contribution in [3.8, 4) is 0 Å². The van der Waals surface area contributed by atoms with Gasteiger partial charge in [0.05, 0.1) is 10.6 Å². The van der Waals surface area contributed by atoms with Crippen LogP contribution in [0.2, 0.25) is 10.0 Å². The molecule has 0 heterocycles. The second-order valence-corrected chi connectivity index (χ2v) is 12.7. The Kier molecular flexibility index (Phi) is 11.0. The molecular formula is C30H35Cl2N3O4S. The molecule has 1 N–H and O–H groups in total. The maximum absolute atomic E-state index is 14.1. The Morgan fingerprint density at radius 2 is 1.55 bits per heavy atom. The fraction of sp³-hybridized carbons (Fsp3) is 0.333. The Morgan fingerprint density at radius 3 is 2.12 bits per heavy atom. The molecule has 40 heavy (non-hydrogen) atoms. The average molecular weight is 605 g/mol. The smallest absolute Gasteiger partial charge is 0.264 e. The fourth-order valence-electron chi connectivity index (χ4n) is 4.26. The van der Waals surface area contributed by atoms with E-state index in [4.69, 9.17) is 23.2 Å². The van der Waals surface area contributed by atoms with E-state index in [2.05, 4.69) is 5.32 Å². The summed E-state index contributed by atoms with van der Waals surface area (Å²) in [5.74, 6) is -0.588. The van der Waals surface area contributed by atoms with Gasteiger partial charge in [-0.3, -0.25) is 13.9 Å². The number of hydrogen-bond acceptors (Lipinski definition) is 4. The molecule has 3 rings (SSSR count). The lowest BCUT2D eigenvalue weighted by Crippen LogP contribution is -2.52. The van der Waals surface area contributed by atoms with Gasteiger partial charge in [0, 0.05) is 23.1 Å². The summed E-state index contributed by atoms with van der Waals surface area (Å²) in [4.78, 5) is 28.8. The first-order valence-electron chi connectivity index (χ1n) is 13.1. The van der Waals surface area contributed by atoms with Gasteiger partial charge in [0.15, 0.2) is 0 Å². The van der Waals surface area contributed by atoms with Gasteiger partial charge < -0.3 is 10.2 Å². The van der Waals surface area contributed by atoms with Gasteiger partial charge in [-0.2, -0.15) is 0 Å². The number of nitrogens with zero attached hydrogens (tertiary/aromatic N) is 2. The van der Waals surface area contributed by atoms with Gasteiger partial charge in [-0.15, -0.1) is 0 Å². The molecule has 0 saturated carbocycles. The van der Waals surface area contributed by atoms with Gasteiger partial charge in [-0.1, -0.05) is 74.3 Å². The van der Waals surface area contributed by atoms with Gasteiger partial charge in [0.1, 0.15) is 12.6 Å². The van der Waals surface area contributed by atoms with Crippen molar-refractivity contribution in [2.24, 2.45) is 5.92 Å². The highest BCUT2D eigenvalue weighted by Gasteiger charge is 2.34. The van der Waals surface area contributed by atoms with Crippen LogP contribution in [0.5, 0.6) is 0 Å². The van der Waals surface area contributed by atoms with Crippen LogP contribution in [0.1, 0.15) is 38.3 Å². The van der Waals surface area contributed by atoms with Crippen LogP contribution in [0.25, 0.3) is 0 Å². The minimum Gasteiger partial charge on any atom is -0.354 e. The Morgan fingerprint density at radius 1 is 0.925 bits per heavy atom. The molecule has 0 saturated heterocycles. The molecule has 0 unspecified atom stereocenters. The normalized spacial score (nSPS) is 12.2. The topological polar surface area (TPSA) is 86.8 Å². The van der Waals surface area contributed by atoms with Crippen LogP contribution in [-0.4, -0.2) is 44.3 Å². The van der Waals surface area contributed by atoms with Gasteiger partial charge in [0.2, 0.25) is 11.8 Å². The van der Waals surface area contributed by atoms with E-state index in [0.29, 0.717) is 34.3 Å². The van der Waals surface area contributed by atoms with Gasteiger partial charge in [-0.05, 0) is 72.9 Å². The number of nitrogens with one attached hydrogen (secondary N) is 1. The summed E-state index contributed by atoms with van der Waals surface area (Å²) in [7, 11) is -4.15. The molecule has 1 atom stereocenters. The second kappa shape index (κ2) is 14.0. The standard InChI is InChI=1S/C30H35Cl2N3O4S/c1-5-27(30(37)33-18-21(2)3)34(19-23-11-13-24(31)14-12-23)29(36)20-35(28-16-15-25(32)17-22(28)4)40(38,39)26-9-7-6-8-10-26/h6-17,21,27H,5,18-20H2,1-4H3,(H,33,37)/t27-/m1/s1. The van der Waals surface area contributed by atoms with E-state index in [0.717, 1.165) is 9.87 Å². The number of benzene rings is 3. The third kappa shape index (κ3) is 7.99. The van der Waals surface area contributed by atoms with E-state index in [-0.39, 0.29) is 23.3 Å². The zero-order valence-corrected chi connectivity index (χ0v) is 25.4. The summed E-state index contributed by atoms with van der Waals surface area (Å²) in [6, 6.07) is 18.9. The SMILES string of the molecule is CC[C@H](C(=O)NCC(C)C)N(Cc1ccc(Cl)cc1)C(=O)CN(c1ccc(Cl)cc1C)S(=O)(=O)c1ccccc1. The van der Waals surface area contributed by atoms with E-state index in [9.17, 15) is 18.0 Å². The van der Waals surface area contributed by atoms with Gasteiger partial charge >= 0.3 is 0 Å². The van der Waals surface area contributed by atoms with E-state index in [1.165, 1.54) is 17.0 Å². The summed E-state index contributed by atoms with van der Waals surface area (Å²) in [6.07, 6.45) is 0.342. The van der Waals surface area contributed by atoms with Crippen LogP contribution in [0, 0.1) is 12.8 Å². The molecule has 0 aliphatic heterocycles. The van der Waals surface area contributed by atoms with E-state index < -0.39 is 28.5 Å². The third-order valence-corrected chi connectivity index (χ3v) is 8.64. The van der Waals surface area contributed by atoms with Crippen LogP contribution >= 0.6 is 23.2 Å². The molecule has 0 fully saturated rings. The van der Waals surface area contributed by atoms with Crippen molar-refractivity contribution in [3.63, 3.8) is 0 Å². The molecule has 10 heteroatoms. The maximum atomic E-state index is 14.1. The van der Waals surface area contributed by atoms with Crippen LogP contribution in [0.3, 0.4) is 0 Å². The van der Waals surface area contributed by atoms with Crippen LogP contribution < -0.4 is 9.62 Å². The van der Waals surface area contributed by atoms with E-state index >= 15 is 0 Å². The summed E-state index contributed by atoms with van der Waals surface area (Å²) in [5.41, 5.74) is 1.67. The monoisotopic (exact) mass is 603 g/mol. The second-order valence-electron chi connectivity index (χ2n) is 9.97. The molecule has 0 aliphatic rings. The van der Waals surface area contributed by atoms with E-state index in [1.807, 2.05) is 20.8 Å². The Labute approximate surface area is 247 Å². The van der Waals surface area contributed by atoms with Crippen molar-refractivity contribution in [2.45, 2.75) is 51.6 Å². The first kappa shape index (κ1) is 31.5. The molecule has 7 nitrogen and oxygen atoms in total. The lowest BCUT2D eigenvalue weighted by molar-refractivity contribution is -0.140. The molecule has 0 aromatic heterocycles. The first-order chi connectivity index (χ1) is 18.9.